The van der Waals surface area contributed by atoms with E-state index in [0.717, 1.165) is 23.4 Å². The smallest absolute Gasteiger partial charge is 0.339 e. The summed E-state index contributed by atoms with van der Waals surface area (Å²) in [6.07, 6.45) is 0. The molecule has 0 spiro atoms. The molecule has 0 aromatic heterocycles. The Labute approximate surface area is 170 Å². The van der Waals surface area contributed by atoms with Crippen LogP contribution < -0.4 is 9.64 Å². The predicted octanol–water partition coefficient (Wildman–Crippen LogP) is 4.10. The van der Waals surface area contributed by atoms with Gasteiger partial charge in [0.15, 0.2) is 0 Å². The minimum absolute atomic E-state index is 0.0467. The molecule has 3 N–H and O–H groups in total. The molecule has 0 aliphatic heterocycles. The Morgan fingerprint density at radius 1 is 1.17 bits per heavy atom. The van der Waals surface area contributed by atoms with Crippen molar-refractivity contribution in [2.24, 2.45) is 5.16 Å². The van der Waals surface area contributed by atoms with E-state index < -0.39 is 5.97 Å². The lowest BCUT2D eigenvalue weighted by atomic mass is 9.84. The summed E-state index contributed by atoms with van der Waals surface area (Å²) in [6, 6.07) is 9.79. The molecular formula is C22H28N2O5. The number of aromatic hydroxyl groups is 1. The fraction of sp³-hybridized carbons (Fsp3) is 0.364. The predicted molar refractivity (Wildman–Crippen MR) is 113 cm³/mol. The molecule has 7 nitrogen and oxygen atoms in total. The Kier molecular flexibility index (Phi) is 6.74. The van der Waals surface area contributed by atoms with Crippen molar-refractivity contribution < 1.29 is 25.0 Å². The summed E-state index contributed by atoms with van der Waals surface area (Å²) in [7, 11) is 2.03. The van der Waals surface area contributed by atoms with Gasteiger partial charge >= 0.3 is 5.97 Å². The van der Waals surface area contributed by atoms with Gasteiger partial charge in [0.1, 0.15) is 29.4 Å². The topological polar surface area (TPSA) is 103 Å². The Hall–Kier alpha value is -3.22. The van der Waals surface area contributed by atoms with Crippen molar-refractivity contribution in [3.8, 4) is 11.5 Å². The summed E-state index contributed by atoms with van der Waals surface area (Å²) >= 11 is 0. The zero-order valence-corrected chi connectivity index (χ0v) is 17.4. The number of carbonyl (C=O) groups is 1. The molecule has 0 fully saturated rings. The number of hydrogen-bond donors (Lipinski definition) is 3. The van der Waals surface area contributed by atoms with E-state index in [1.165, 1.54) is 18.2 Å². The van der Waals surface area contributed by atoms with Crippen molar-refractivity contribution >= 4 is 17.4 Å². The van der Waals surface area contributed by atoms with Crippen molar-refractivity contribution in [2.45, 2.75) is 33.1 Å². The quantitative estimate of drug-likeness (QED) is 0.367. The highest BCUT2D eigenvalue weighted by Gasteiger charge is 2.21. The fourth-order valence-electron chi connectivity index (χ4n) is 2.92. The third-order valence-electron chi connectivity index (χ3n) is 4.72. The summed E-state index contributed by atoms with van der Waals surface area (Å²) < 4.78 is 5.60. The number of rotatable bonds is 7. The van der Waals surface area contributed by atoms with E-state index in [1.807, 2.05) is 25.2 Å². The van der Waals surface area contributed by atoms with Crippen molar-refractivity contribution in [2.75, 3.05) is 25.1 Å². The van der Waals surface area contributed by atoms with E-state index in [1.54, 1.807) is 0 Å². The van der Waals surface area contributed by atoms with Crippen LogP contribution in [0.4, 0.5) is 5.69 Å². The van der Waals surface area contributed by atoms with Crippen molar-refractivity contribution in [1.82, 2.24) is 0 Å². The van der Waals surface area contributed by atoms with E-state index in [9.17, 15) is 15.1 Å². The normalized spacial score (nSPS) is 12.0. The number of ether oxygens (including phenoxy) is 1. The van der Waals surface area contributed by atoms with E-state index in [2.05, 4.69) is 37.8 Å². The van der Waals surface area contributed by atoms with Gasteiger partial charge in [-0.25, -0.2) is 4.79 Å². The summed E-state index contributed by atoms with van der Waals surface area (Å²) in [4.78, 5) is 13.1. The molecule has 156 valence electrons. The number of benzene rings is 2. The molecule has 2 aromatic carbocycles. The van der Waals surface area contributed by atoms with Crippen LogP contribution in [0.1, 0.15) is 49.2 Å². The van der Waals surface area contributed by atoms with Crippen LogP contribution in [0, 0.1) is 0 Å². The second-order valence-electron chi connectivity index (χ2n) is 7.82. The molecule has 7 heteroatoms. The maximum atomic E-state index is 11.0. The number of oxime groups is 1. The summed E-state index contributed by atoms with van der Waals surface area (Å²) in [5.41, 5.74) is 2.94. The first-order chi connectivity index (χ1) is 13.6. The van der Waals surface area contributed by atoms with Gasteiger partial charge in [-0.15, -0.1) is 0 Å². The highest BCUT2D eigenvalue weighted by Crippen LogP contribution is 2.33. The van der Waals surface area contributed by atoms with Crippen molar-refractivity contribution in [3.63, 3.8) is 0 Å². The largest absolute Gasteiger partial charge is 0.507 e. The first kappa shape index (κ1) is 22.1. The van der Waals surface area contributed by atoms with Crippen LogP contribution in [0.2, 0.25) is 0 Å². The number of nitrogens with zero attached hydrogens (tertiary/aromatic N) is 2. The first-order valence-corrected chi connectivity index (χ1v) is 9.34. The first-order valence-electron chi connectivity index (χ1n) is 9.34. The lowest BCUT2D eigenvalue weighted by Crippen LogP contribution is -2.23. The maximum absolute atomic E-state index is 11.0. The number of carboxylic acid groups (broad SMARTS) is 1. The fourth-order valence-corrected chi connectivity index (χ4v) is 2.92. The molecular weight excluding hydrogens is 372 g/mol. The zero-order valence-electron chi connectivity index (χ0n) is 17.4. The van der Waals surface area contributed by atoms with Crippen LogP contribution in [0.3, 0.4) is 0 Å². The van der Waals surface area contributed by atoms with E-state index in [0.29, 0.717) is 5.71 Å². The van der Waals surface area contributed by atoms with Crippen molar-refractivity contribution in [3.05, 3.63) is 53.1 Å². The molecule has 0 saturated carbocycles. The summed E-state index contributed by atoms with van der Waals surface area (Å²) in [6.45, 7) is 9.27. The SMILES string of the molecule is CCN(C)c1ccc(C(COc2ccc(C(=O)O)c(O)c2)=NO)cc1C(C)(C)C. The molecule has 0 saturated heterocycles. The summed E-state index contributed by atoms with van der Waals surface area (Å²) in [5.74, 6) is -1.34. The van der Waals surface area contributed by atoms with Gasteiger partial charge < -0.3 is 25.1 Å². The number of phenols is 1. The van der Waals surface area contributed by atoms with Gasteiger partial charge in [0, 0.05) is 30.9 Å². The second kappa shape index (κ2) is 8.86. The van der Waals surface area contributed by atoms with Gasteiger partial charge in [0.05, 0.1) is 0 Å². The molecule has 2 aromatic rings. The van der Waals surface area contributed by atoms with E-state index >= 15 is 0 Å². The molecule has 0 bridgehead atoms. The minimum Gasteiger partial charge on any atom is -0.507 e. The van der Waals surface area contributed by atoms with Gasteiger partial charge in [0.25, 0.3) is 0 Å². The van der Waals surface area contributed by atoms with E-state index in [4.69, 9.17) is 9.84 Å². The van der Waals surface area contributed by atoms with Gasteiger partial charge in [-0.3, -0.25) is 0 Å². The molecule has 0 atom stereocenters. The number of anilines is 1. The third kappa shape index (κ3) is 5.19. The molecule has 0 aliphatic rings. The maximum Gasteiger partial charge on any atom is 0.339 e. The Balaban J connectivity index is 2.28. The van der Waals surface area contributed by atoms with Crippen LogP contribution in [-0.2, 0) is 5.41 Å². The van der Waals surface area contributed by atoms with Gasteiger partial charge in [-0.05, 0) is 42.2 Å². The molecule has 29 heavy (non-hydrogen) atoms. The highest BCUT2D eigenvalue weighted by atomic mass is 16.5. The van der Waals surface area contributed by atoms with Gasteiger partial charge in [-0.1, -0.05) is 32.0 Å². The second-order valence-corrected chi connectivity index (χ2v) is 7.82. The van der Waals surface area contributed by atoms with Crippen LogP contribution in [0.5, 0.6) is 11.5 Å². The Bertz CT molecular complexity index is 916. The van der Waals surface area contributed by atoms with Crippen LogP contribution in [-0.4, -0.2) is 47.3 Å². The number of carboxylic acids is 1. The summed E-state index contributed by atoms with van der Waals surface area (Å²) in [5, 5.41) is 31.7. The Morgan fingerprint density at radius 2 is 1.86 bits per heavy atom. The van der Waals surface area contributed by atoms with Crippen LogP contribution in [0.25, 0.3) is 0 Å². The number of aromatic carboxylic acids is 1. The molecule has 0 radical (unpaired) electrons. The third-order valence-corrected chi connectivity index (χ3v) is 4.72. The highest BCUT2D eigenvalue weighted by molar-refractivity contribution is 6.02. The van der Waals surface area contributed by atoms with Crippen molar-refractivity contribution in [1.29, 1.82) is 0 Å². The Morgan fingerprint density at radius 3 is 2.38 bits per heavy atom. The average molecular weight is 400 g/mol. The van der Waals surface area contributed by atoms with Gasteiger partial charge in [-0.2, -0.15) is 0 Å². The number of hydrogen-bond acceptors (Lipinski definition) is 6. The molecule has 0 aliphatic carbocycles. The standard InChI is InChI=1S/C22H28N2O5/c1-6-24(5)19-10-7-14(11-17(19)22(2,3)4)18(23-28)13-29-15-8-9-16(21(26)27)20(25)12-15/h7-12,25,28H,6,13H2,1-5H3,(H,26,27). The average Bonchev–Trinajstić information content (AvgIpc) is 2.66. The molecule has 0 unspecified atom stereocenters. The van der Waals surface area contributed by atoms with Crippen LogP contribution in [0.15, 0.2) is 41.6 Å². The zero-order chi connectivity index (χ0) is 21.8. The minimum atomic E-state index is -1.22. The molecule has 0 amide bonds. The van der Waals surface area contributed by atoms with Crippen LogP contribution >= 0.6 is 0 Å². The molecule has 2 rings (SSSR count). The lowest BCUT2D eigenvalue weighted by Gasteiger charge is -2.29. The monoisotopic (exact) mass is 400 g/mol. The molecule has 0 heterocycles. The van der Waals surface area contributed by atoms with Gasteiger partial charge in [0.2, 0.25) is 0 Å². The lowest BCUT2D eigenvalue weighted by molar-refractivity contribution is 0.0693. The van der Waals surface area contributed by atoms with E-state index in [-0.39, 0.29) is 29.1 Å².